The fourth-order valence-corrected chi connectivity index (χ4v) is 7.24. The molecule has 0 unspecified atom stereocenters. The first-order chi connectivity index (χ1) is 27.2. The van der Waals surface area contributed by atoms with Crippen molar-refractivity contribution in [3.05, 3.63) is 194 Å². The maximum absolute atomic E-state index is 6.33. The minimum absolute atomic E-state index is 0.645. The fraction of sp³-hybridized carbons (Fsp3) is 0. The van der Waals surface area contributed by atoms with E-state index in [1.807, 2.05) is 85.2 Å². The Bertz CT molecular complexity index is 2900. The number of furan rings is 1. The minimum Gasteiger partial charge on any atom is -0.456 e. The maximum atomic E-state index is 6.33. The predicted octanol–water partition coefficient (Wildman–Crippen LogP) is 12.8. The van der Waals surface area contributed by atoms with Crippen LogP contribution < -0.4 is 0 Å². The number of hydrogen-bond acceptors (Lipinski definition) is 5. The van der Waals surface area contributed by atoms with E-state index in [1.165, 1.54) is 0 Å². The van der Waals surface area contributed by atoms with E-state index in [1.54, 1.807) is 0 Å². The van der Waals surface area contributed by atoms with Crippen LogP contribution in [0.1, 0.15) is 0 Å². The minimum atomic E-state index is 0.645. The molecule has 0 aliphatic rings. The van der Waals surface area contributed by atoms with Crippen LogP contribution in [0.25, 0.3) is 101 Å². The van der Waals surface area contributed by atoms with Crippen LogP contribution in [0.5, 0.6) is 0 Å². The number of para-hydroxylation sites is 1. The van der Waals surface area contributed by atoms with E-state index in [9.17, 15) is 0 Å². The van der Waals surface area contributed by atoms with E-state index in [-0.39, 0.29) is 0 Å². The van der Waals surface area contributed by atoms with Crippen molar-refractivity contribution in [2.75, 3.05) is 0 Å². The molecule has 0 radical (unpaired) electrons. The molecule has 0 N–H and O–H groups in total. The van der Waals surface area contributed by atoms with Crippen LogP contribution in [0, 0.1) is 0 Å². The topological polar surface area (TPSA) is 64.7 Å². The van der Waals surface area contributed by atoms with Gasteiger partial charge in [0, 0.05) is 51.0 Å². The molecule has 4 aromatic heterocycles. The monoisotopic (exact) mass is 704 g/mol. The normalized spacial score (nSPS) is 11.3. The second-order valence-electron chi connectivity index (χ2n) is 13.5. The number of fused-ring (bicyclic) bond motifs is 3. The van der Waals surface area contributed by atoms with Crippen molar-refractivity contribution in [3.63, 3.8) is 0 Å². The van der Waals surface area contributed by atoms with Crippen LogP contribution >= 0.6 is 0 Å². The zero-order chi connectivity index (χ0) is 36.6. The zero-order valence-corrected chi connectivity index (χ0v) is 29.7. The molecule has 0 atom stereocenters. The van der Waals surface area contributed by atoms with Gasteiger partial charge in [0.1, 0.15) is 11.2 Å². The van der Waals surface area contributed by atoms with Gasteiger partial charge in [-0.05, 0) is 107 Å². The van der Waals surface area contributed by atoms with Gasteiger partial charge in [-0.3, -0.25) is 9.97 Å². The third-order valence-corrected chi connectivity index (χ3v) is 9.96. The average molecular weight is 705 g/mol. The fourth-order valence-electron chi connectivity index (χ4n) is 7.24. The lowest BCUT2D eigenvalue weighted by Crippen LogP contribution is -1.97. The van der Waals surface area contributed by atoms with Gasteiger partial charge in [0.2, 0.25) is 0 Å². The number of aromatic nitrogens is 4. The summed E-state index contributed by atoms with van der Waals surface area (Å²) in [6.45, 7) is 0. The summed E-state index contributed by atoms with van der Waals surface area (Å²) >= 11 is 0. The summed E-state index contributed by atoms with van der Waals surface area (Å²) in [5.74, 6) is 0.645. The first kappa shape index (κ1) is 32.2. The lowest BCUT2D eigenvalue weighted by atomic mass is 9.93. The molecular formula is C50H32N4O. The Morgan fingerprint density at radius 2 is 0.782 bits per heavy atom. The Hall–Kier alpha value is -7.50. The molecule has 4 heterocycles. The molecule has 0 aliphatic heterocycles. The van der Waals surface area contributed by atoms with Gasteiger partial charge in [-0.25, -0.2) is 9.97 Å². The van der Waals surface area contributed by atoms with E-state index >= 15 is 0 Å². The van der Waals surface area contributed by atoms with E-state index in [0.717, 1.165) is 94.8 Å². The maximum Gasteiger partial charge on any atom is 0.160 e. The third-order valence-electron chi connectivity index (χ3n) is 9.96. The molecule has 0 amide bonds. The van der Waals surface area contributed by atoms with Crippen LogP contribution in [0.4, 0.5) is 0 Å². The molecule has 0 fully saturated rings. The molecule has 10 aromatic rings. The zero-order valence-electron chi connectivity index (χ0n) is 29.7. The summed E-state index contributed by atoms with van der Waals surface area (Å²) in [5, 5.41) is 2.22. The van der Waals surface area contributed by atoms with Crippen LogP contribution in [-0.2, 0) is 0 Å². The molecular weight excluding hydrogens is 673 g/mol. The van der Waals surface area contributed by atoms with Crippen molar-refractivity contribution in [1.82, 2.24) is 19.9 Å². The Balaban J connectivity index is 1.19. The smallest absolute Gasteiger partial charge is 0.160 e. The van der Waals surface area contributed by atoms with Crippen molar-refractivity contribution in [2.45, 2.75) is 0 Å². The van der Waals surface area contributed by atoms with Gasteiger partial charge in [-0.2, -0.15) is 0 Å². The third kappa shape index (κ3) is 6.34. The predicted molar refractivity (Wildman–Crippen MR) is 223 cm³/mol. The second-order valence-corrected chi connectivity index (χ2v) is 13.5. The standard InChI is InChI=1S/C50H32N4O/c1-3-13-33(14-4-1)36-25-37(35-21-22-43-42-17-7-8-20-48(42)55-49(43)31-35)27-40(26-36)46-32-47(54-50(53-46)34-15-5-2-6-16-34)41-29-38(44-18-9-11-23-51-44)28-39(30-41)45-19-10-12-24-52-45/h1-32H. The number of nitrogens with zero attached hydrogens (tertiary/aromatic N) is 4. The highest BCUT2D eigenvalue weighted by Crippen LogP contribution is 2.38. The van der Waals surface area contributed by atoms with Crippen LogP contribution in [-0.4, -0.2) is 19.9 Å². The van der Waals surface area contributed by atoms with Gasteiger partial charge in [-0.15, -0.1) is 0 Å². The highest BCUT2D eigenvalue weighted by molar-refractivity contribution is 6.06. The summed E-state index contributed by atoms with van der Waals surface area (Å²) in [6, 6.07) is 62.5. The van der Waals surface area contributed by atoms with Gasteiger partial charge >= 0.3 is 0 Å². The highest BCUT2D eigenvalue weighted by atomic mass is 16.3. The van der Waals surface area contributed by atoms with Crippen molar-refractivity contribution in [3.8, 4) is 78.7 Å². The Labute approximate surface area is 318 Å². The van der Waals surface area contributed by atoms with Crippen molar-refractivity contribution in [2.24, 2.45) is 0 Å². The van der Waals surface area contributed by atoms with Crippen molar-refractivity contribution >= 4 is 21.9 Å². The molecule has 0 saturated heterocycles. The average Bonchev–Trinajstić information content (AvgIpc) is 3.65. The van der Waals surface area contributed by atoms with E-state index < -0.39 is 0 Å². The van der Waals surface area contributed by atoms with Gasteiger partial charge < -0.3 is 4.42 Å². The first-order valence-corrected chi connectivity index (χ1v) is 18.3. The largest absolute Gasteiger partial charge is 0.456 e. The molecule has 0 bridgehead atoms. The number of rotatable bonds is 7. The van der Waals surface area contributed by atoms with Crippen molar-refractivity contribution < 1.29 is 4.42 Å². The lowest BCUT2D eigenvalue weighted by Gasteiger charge is -2.14. The van der Waals surface area contributed by atoms with E-state index in [0.29, 0.717) is 5.82 Å². The SMILES string of the molecule is c1ccc(-c2cc(-c3ccc4c(c3)oc3ccccc34)cc(-c3cc(-c4cc(-c5ccccn5)cc(-c5ccccn5)c4)nc(-c4ccccc4)n3)c2)cc1. The van der Waals surface area contributed by atoms with Gasteiger partial charge in [0.05, 0.1) is 22.8 Å². The number of pyridine rings is 2. The Kier molecular flexibility index (Phi) is 8.08. The lowest BCUT2D eigenvalue weighted by molar-refractivity contribution is 0.669. The number of benzene rings is 6. The molecule has 6 aromatic carbocycles. The summed E-state index contributed by atoms with van der Waals surface area (Å²) in [4.78, 5) is 19.9. The first-order valence-electron chi connectivity index (χ1n) is 18.3. The highest BCUT2D eigenvalue weighted by Gasteiger charge is 2.17. The molecule has 10 rings (SSSR count). The molecule has 5 nitrogen and oxygen atoms in total. The van der Waals surface area contributed by atoms with Gasteiger partial charge in [0.15, 0.2) is 5.82 Å². The molecule has 55 heavy (non-hydrogen) atoms. The Morgan fingerprint density at radius 1 is 0.291 bits per heavy atom. The van der Waals surface area contributed by atoms with Gasteiger partial charge in [-0.1, -0.05) is 97.1 Å². The summed E-state index contributed by atoms with van der Waals surface area (Å²) < 4.78 is 6.33. The summed E-state index contributed by atoms with van der Waals surface area (Å²) in [6.07, 6.45) is 3.64. The van der Waals surface area contributed by atoms with Crippen LogP contribution in [0.15, 0.2) is 199 Å². The second kappa shape index (κ2) is 13.8. The van der Waals surface area contributed by atoms with Crippen LogP contribution in [0.3, 0.4) is 0 Å². The summed E-state index contributed by atoms with van der Waals surface area (Å²) in [5.41, 5.74) is 14.3. The van der Waals surface area contributed by atoms with E-state index in [2.05, 4.69) is 109 Å². The van der Waals surface area contributed by atoms with E-state index in [4.69, 9.17) is 24.4 Å². The molecule has 0 spiro atoms. The van der Waals surface area contributed by atoms with Crippen LogP contribution in [0.2, 0.25) is 0 Å². The number of hydrogen-bond donors (Lipinski definition) is 0. The molecule has 0 saturated carbocycles. The van der Waals surface area contributed by atoms with Gasteiger partial charge in [0.25, 0.3) is 0 Å². The molecule has 5 heteroatoms. The molecule has 258 valence electrons. The Morgan fingerprint density at radius 3 is 1.40 bits per heavy atom. The summed E-state index contributed by atoms with van der Waals surface area (Å²) in [7, 11) is 0. The van der Waals surface area contributed by atoms with Crippen molar-refractivity contribution in [1.29, 1.82) is 0 Å². The quantitative estimate of drug-likeness (QED) is 0.165. The molecule has 0 aliphatic carbocycles.